The molecule has 0 N–H and O–H groups in total. The van der Waals surface area contributed by atoms with E-state index in [-0.39, 0.29) is 5.91 Å². The van der Waals surface area contributed by atoms with Crippen molar-refractivity contribution in [2.75, 3.05) is 26.2 Å². The number of carbonyl (C=O) groups is 1. The fourth-order valence-corrected chi connectivity index (χ4v) is 4.12. The molecule has 9 heteroatoms. The predicted molar refractivity (Wildman–Crippen MR) is 117 cm³/mol. The number of rotatable bonds is 4. The number of halogens is 3. The number of benzene rings is 2. The Hall–Kier alpha value is -2.12. The summed E-state index contributed by atoms with van der Waals surface area (Å²) in [6.45, 7) is 3.32. The van der Waals surface area contributed by atoms with Gasteiger partial charge in [-0.15, -0.1) is 10.2 Å². The molecule has 0 saturated carbocycles. The van der Waals surface area contributed by atoms with Gasteiger partial charge in [0.25, 0.3) is 5.91 Å². The number of amides is 1. The Balaban J connectivity index is 1.39. The lowest BCUT2D eigenvalue weighted by Gasteiger charge is -2.21. The van der Waals surface area contributed by atoms with Crippen LogP contribution in [0.1, 0.15) is 22.7 Å². The van der Waals surface area contributed by atoms with Crippen LogP contribution in [-0.4, -0.2) is 52.1 Å². The van der Waals surface area contributed by atoms with Crippen LogP contribution in [0.25, 0.3) is 11.5 Å². The van der Waals surface area contributed by atoms with Gasteiger partial charge in [0.15, 0.2) is 0 Å². The lowest BCUT2D eigenvalue weighted by molar-refractivity contribution is 0.0761. The van der Waals surface area contributed by atoms with Gasteiger partial charge in [-0.3, -0.25) is 9.69 Å². The van der Waals surface area contributed by atoms with E-state index in [2.05, 4.69) is 15.1 Å². The molecule has 1 saturated heterocycles. The predicted octanol–water partition coefficient (Wildman–Crippen LogP) is 5.04. The van der Waals surface area contributed by atoms with Gasteiger partial charge in [-0.25, -0.2) is 0 Å². The molecule has 6 nitrogen and oxygen atoms in total. The lowest BCUT2D eigenvalue weighted by Crippen LogP contribution is -2.35. The van der Waals surface area contributed by atoms with Crippen LogP contribution in [0.15, 0.2) is 46.9 Å². The number of nitrogens with zero attached hydrogens (tertiary/aromatic N) is 4. The zero-order valence-corrected chi connectivity index (χ0v) is 18.3. The number of aromatic nitrogens is 2. The summed E-state index contributed by atoms with van der Waals surface area (Å²) < 4.78 is 5.80. The van der Waals surface area contributed by atoms with Crippen molar-refractivity contribution in [2.45, 2.75) is 13.0 Å². The third-order valence-electron chi connectivity index (χ3n) is 4.97. The SMILES string of the molecule is O=C(c1ccccc1Cl)N1CCCN(Cc2nnc(-c3ccc(Cl)cc3Cl)o2)CC1. The van der Waals surface area contributed by atoms with Gasteiger partial charge in [0.05, 0.1) is 27.7 Å². The standard InChI is InChI=1S/C21H19Cl3N4O2/c22-14-6-7-15(18(24)12-14)20-26-25-19(30-20)13-27-8-3-9-28(11-10-27)21(29)16-4-1-2-5-17(16)23/h1-2,4-7,12H,3,8-11,13H2. The van der Waals surface area contributed by atoms with Crippen molar-refractivity contribution in [1.82, 2.24) is 20.0 Å². The van der Waals surface area contributed by atoms with Gasteiger partial charge >= 0.3 is 0 Å². The fourth-order valence-electron chi connectivity index (χ4n) is 3.42. The smallest absolute Gasteiger partial charge is 0.255 e. The van der Waals surface area contributed by atoms with E-state index >= 15 is 0 Å². The number of carbonyl (C=O) groups excluding carboxylic acids is 1. The summed E-state index contributed by atoms with van der Waals surface area (Å²) in [5, 5.41) is 9.73. The molecule has 0 unspecified atom stereocenters. The summed E-state index contributed by atoms with van der Waals surface area (Å²) in [6.07, 6.45) is 0.847. The molecule has 1 aliphatic rings. The van der Waals surface area contributed by atoms with Crippen molar-refractivity contribution in [1.29, 1.82) is 0 Å². The molecule has 1 amide bonds. The van der Waals surface area contributed by atoms with E-state index in [4.69, 9.17) is 39.2 Å². The van der Waals surface area contributed by atoms with E-state index in [1.807, 2.05) is 17.0 Å². The highest BCUT2D eigenvalue weighted by molar-refractivity contribution is 6.36. The summed E-state index contributed by atoms with van der Waals surface area (Å²) in [4.78, 5) is 16.9. The molecule has 0 radical (unpaired) electrons. The van der Waals surface area contributed by atoms with Gasteiger partial charge in [0, 0.05) is 31.2 Å². The first-order chi connectivity index (χ1) is 14.5. The van der Waals surface area contributed by atoms with Gasteiger partial charge < -0.3 is 9.32 Å². The molecule has 2 heterocycles. The minimum absolute atomic E-state index is 0.0418. The summed E-state index contributed by atoms with van der Waals surface area (Å²) in [7, 11) is 0. The van der Waals surface area contributed by atoms with Crippen molar-refractivity contribution < 1.29 is 9.21 Å². The van der Waals surface area contributed by atoms with Crippen molar-refractivity contribution in [3.05, 3.63) is 69.0 Å². The van der Waals surface area contributed by atoms with Crippen molar-refractivity contribution in [2.24, 2.45) is 0 Å². The highest BCUT2D eigenvalue weighted by Crippen LogP contribution is 2.29. The van der Waals surface area contributed by atoms with Crippen LogP contribution in [0.2, 0.25) is 15.1 Å². The Labute approximate surface area is 189 Å². The number of hydrogen-bond donors (Lipinski definition) is 0. The van der Waals surface area contributed by atoms with Gasteiger partial charge in [-0.05, 0) is 36.8 Å². The number of hydrogen-bond acceptors (Lipinski definition) is 5. The molecule has 2 aromatic carbocycles. The molecule has 0 atom stereocenters. The first-order valence-electron chi connectivity index (χ1n) is 9.55. The molecule has 1 aliphatic heterocycles. The van der Waals surface area contributed by atoms with Crippen molar-refractivity contribution in [3.63, 3.8) is 0 Å². The summed E-state index contributed by atoms with van der Waals surface area (Å²) >= 11 is 18.4. The van der Waals surface area contributed by atoms with Crippen LogP contribution in [0.4, 0.5) is 0 Å². The molecule has 4 rings (SSSR count). The zero-order chi connectivity index (χ0) is 21.1. The largest absolute Gasteiger partial charge is 0.419 e. The first kappa shape index (κ1) is 21.1. The third kappa shape index (κ3) is 4.78. The fraction of sp³-hybridized carbons (Fsp3) is 0.286. The van der Waals surface area contributed by atoms with Crippen LogP contribution in [0.5, 0.6) is 0 Å². The molecular formula is C21H19Cl3N4O2. The Morgan fingerprint density at radius 2 is 1.80 bits per heavy atom. The maximum atomic E-state index is 12.8. The van der Waals surface area contributed by atoms with Gasteiger partial charge in [-0.2, -0.15) is 0 Å². The molecule has 0 spiro atoms. The van der Waals surface area contributed by atoms with Crippen LogP contribution in [0.3, 0.4) is 0 Å². The van der Waals surface area contributed by atoms with E-state index < -0.39 is 0 Å². The van der Waals surface area contributed by atoms with Crippen LogP contribution in [0, 0.1) is 0 Å². The topological polar surface area (TPSA) is 62.5 Å². The molecule has 0 bridgehead atoms. The average molecular weight is 466 g/mol. The highest BCUT2D eigenvalue weighted by Gasteiger charge is 2.23. The lowest BCUT2D eigenvalue weighted by atomic mass is 10.2. The molecule has 1 fully saturated rings. The molecule has 30 heavy (non-hydrogen) atoms. The molecule has 1 aromatic heterocycles. The Kier molecular flexibility index (Phi) is 6.58. The van der Waals surface area contributed by atoms with E-state index in [9.17, 15) is 4.79 Å². The Morgan fingerprint density at radius 1 is 0.967 bits per heavy atom. The molecule has 3 aromatic rings. The summed E-state index contributed by atoms with van der Waals surface area (Å²) in [5.41, 5.74) is 1.18. The minimum Gasteiger partial charge on any atom is -0.419 e. The second-order valence-corrected chi connectivity index (χ2v) is 8.28. The quantitative estimate of drug-likeness (QED) is 0.540. The van der Waals surface area contributed by atoms with Crippen LogP contribution in [-0.2, 0) is 6.54 Å². The first-order valence-corrected chi connectivity index (χ1v) is 10.7. The average Bonchev–Trinajstić information content (AvgIpc) is 3.05. The highest BCUT2D eigenvalue weighted by atomic mass is 35.5. The summed E-state index contributed by atoms with van der Waals surface area (Å²) in [6, 6.07) is 12.3. The Bertz CT molecular complexity index is 1060. The van der Waals surface area contributed by atoms with E-state index in [0.717, 1.165) is 13.0 Å². The van der Waals surface area contributed by atoms with E-state index in [0.29, 0.717) is 64.2 Å². The zero-order valence-electron chi connectivity index (χ0n) is 16.0. The van der Waals surface area contributed by atoms with Gasteiger partial charge in [0.1, 0.15) is 0 Å². The normalized spacial score (nSPS) is 15.2. The maximum absolute atomic E-state index is 12.8. The molecule has 0 aliphatic carbocycles. The van der Waals surface area contributed by atoms with Gasteiger partial charge in [0.2, 0.25) is 11.8 Å². The van der Waals surface area contributed by atoms with Crippen LogP contribution < -0.4 is 0 Å². The Morgan fingerprint density at radius 3 is 2.60 bits per heavy atom. The van der Waals surface area contributed by atoms with Crippen molar-refractivity contribution >= 4 is 40.7 Å². The molecule has 156 valence electrons. The third-order valence-corrected chi connectivity index (χ3v) is 5.84. The summed E-state index contributed by atoms with van der Waals surface area (Å²) in [5.74, 6) is 0.818. The monoisotopic (exact) mass is 464 g/mol. The second kappa shape index (κ2) is 9.35. The van der Waals surface area contributed by atoms with Crippen molar-refractivity contribution in [3.8, 4) is 11.5 Å². The van der Waals surface area contributed by atoms with E-state index in [1.165, 1.54) is 0 Å². The molecular weight excluding hydrogens is 447 g/mol. The minimum atomic E-state index is -0.0418. The van der Waals surface area contributed by atoms with E-state index in [1.54, 1.807) is 30.3 Å². The van der Waals surface area contributed by atoms with Gasteiger partial charge in [-0.1, -0.05) is 46.9 Å². The maximum Gasteiger partial charge on any atom is 0.255 e. The second-order valence-electron chi connectivity index (χ2n) is 7.03. The van der Waals surface area contributed by atoms with Crippen LogP contribution >= 0.6 is 34.8 Å².